The molecule has 202 valence electrons. The topological polar surface area (TPSA) is 110 Å². The maximum atomic E-state index is 12.4. The molecule has 0 amide bonds. The molecule has 0 aliphatic carbocycles. The summed E-state index contributed by atoms with van der Waals surface area (Å²) in [4.78, 5) is 31.7. The zero-order valence-corrected chi connectivity index (χ0v) is 22.1. The van der Waals surface area contributed by atoms with Crippen LogP contribution in [-0.4, -0.2) is 41.2 Å². The number of esters is 2. The first-order chi connectivity index (χ1) is 19.6. The van der Waals surface area contributed by atoms with E-state index in [9.17, 15) is 9.59 Å². The number of carbonyl (C=O) groups is 2. The molecule has 0 aliphatic heterocycles. The second-order valence-corrected chi connectivity index (χ2v) is 10.1. The third-order valence-electron chi connectivity index (χ3n) is 7.47. The van der Waals surface area contributed by atoms with Crippen molar-refractivity contribution in [2.75, 3.05) is 13.2 Å². The number of aromatic amines is 2. The summed E-state index contributed by atoms with van der Waals surface area (Å²) in [5, 5.41) is 4.64. The molecule has 6 rings (SSSR count). The molecule has 0 spiro atoms. The molecule has 40 heavy (non-hydrogen) atoms. The molecule has 1 atom stereocenters. The molecule has 4 aromatic carbocycles. The highest BCUT2D eigenvalue weighted by Crippen LogP contribution is 2.29. The number of nitrogens with two attached hydrogens (primary N) is 1. The summed E-state index contributed by atoms with van der Waals surface area (Å²) in [6.07, 6.45) is 1.38. The maximum Gasteiger partial charge on any atom is 0.322 e. The quantitative estimate of drug-likeness (QED) is 0.189. The summed E-state index contributed by atoms with van der Waals surface area (Å²) in [6.45, 7) is 0.469. The van der Waals surface area contributed by atoms with Gasteiger partial charge in [0.25, 0.3) is 0 Å². The maximum absolute atomic E-state index is 12.4. The molecule has 2 aromatic heterocycles. The number of para-hydroxylation sites is 4. The van der Waals surface area contributed by atoms with Gasteiger partial charge in [-0.25, -0.2) is 0 Å². The Kier molecular flexibility index (Phi) is 7.21. The Morgan fingerprint density at radius 1 is 0.650 bits per heavy atom. The molecule has 0 radical (unpaired) electrons. The lowest BCUT2D eigenvalue weighted by Gasteiger charge is -2.12. The number of hydrogen-bond donors (Lipinski definition) is 3. The van der Waals surface area contributed by atoms with Crippen molar-refractivity contribution < 1.29 is 19.1 Å². The van der Waals surface area contributed by atoms with E-state index < -0.39 is 12.0 Å². The molecular formula is C33H31N3O4. The second-order valence-electron chi connectivity index (χ2n) is 10.1. The van der Waals surface area contributed by atoms with Crippen LogP contribution in [0.2, 0.25) is 0 Å². The minimum absolute atomic E-state index is 0.0568. The summed E-state index contributed by atoms with van der Waals surface area (Å²) >= 11 is 0. The Hall–Kier alpha value is -4.62. The van der Waals surface area contributed by atoms with Crippen molar-refractivity contribution in [1.82, 2.24) is 9.97 Å². The molecule has 2 heterocycles. The Balaban J connectivity index is 0.957. The lowest BCUT2D eigenvalue weighted by atomic mass is 10.1. The molecule has 0 aliphatic rings. The summed E-state index contributed by atoms with van der Waals surface area (Å²) in [6, 6.07) is 27.7. The van der Waals surface area contributed by atoms with Gasteiger partial charge < -0.3 is 25.2 Å². The lowest BCUT2D eigenvalue weighted by molar-refractivity contribution is -0.146. The van der Waals surface area contributed by atoms with Gasteiger partial charge in [0.15, 0.2) is 0 Å². The number of rotatable bonds is 10. The normalized spacial score (nSPS) is 12.3. The first kappa shape index (κ1) is 25.6. The van der Waals surface area contributed by atoms with Gasteiger partial charge in [-0.05, 0) is 29.7 Å². The first-order valence-corrected chi connectivity index (χ1v) is 13.6. The van der Waals surface area contributed by atoms with Gasteiger partial charge in [0, 0.05) is 62.9 Å². The van der Waals surface area contributed by atoms with Gasteiger partial charge in [0.1, 0.15) is 6.04 Å². The van der Waals surface area contributed by atoms with E-state index in [0.29, 0.717) is 12.8 Å². The van der Waals surface area contributed by atoms with Gasteiger partial charge >= 0.3 is 11.9 Å². The van der Waals surface area contributed by atoms with Crippen LogP contribution >= 0.6 is 0 Å². The van der Waals surface area contributed by atoms with Crippen LogP contribution in [0.25, 0.3) is 43.6 Å². The average molecular weight is 534 g/mol. The van der Waals surface area contributed by atoms with Crippen molar-refractivity contribution in [2.24, 2.45) is 5.73 Å². The molecule has 0 unspecified atom stereocenters. The van der Waals surface area contributed by atoms with Crippen LogP contribution < -0.4 is 5.73 Å². The molecular weight excluding hydrogens is 502 g/mol. The number of aromatic nitrogens is 2. The zero-order chi connectivity index (χ0) is 27.5. The van der Waals surface area contributed by atoms with Crippen molar-refractivity contribution in [3.05, 3.63) is 96.1 Å². The van der Waals surface area contributed by atoms with Crippen molar-refractivity contribution in [3.8, 4) is 0 Å². The molecule has 0 fully saturated rings. The molecule has 6 aromatic rings. The Labute approximate surface area is 231 Å². The fraction of sp³-hybridized carbons (Fsp3) is 0.212. The fourth-order valence-corrected chi connectivity index (χ4v) is 5.39. The van der Waals surface area contributed by atoms with E-state index in [1.165, 1.54) is 10.8 Å². The Morgan fingerprint density at radius 3 is 1.73 bits per heavy atom. The monoisotopic (exact) mass is 533 g/mol. The predicted molar refractivity (Wildman–Crippen MR) is 158 cm³/mol. The van der Waals surface area contributed by atoms with E-state index in [0.717, 1.165) is 44.0 Å². The van der Waals surface area contributed by atoms with Crippen molar-refractivity contribution in [2.45, 2.75) is 31.7 Å². The summed E-state index contributed by atoms with van der Waals surface area (Å²) in [5.74, 6) is -0.889. The standard InChI is InChI=1S/C33H31N3O4/c34-27(33(38)40-20-18-22-8-6-12-26-24-10-2-4-14-29(24)36-32(22)26)15-16-30(37)39-19-17-21-7-5-11-25-23-9-1-3-13-28(23)35-31(21)25/h1-14,27,35-36H,15-20,34H2/t27-/m0/s1. The van der Waals surface area contributed by atoms with E-state index in [4.69, 9.17) is 15.2 Å². The molecule has 0 bridgehead atoms. The van der Waals surface area contributed by atoms with Crippen LogP contribution in [0, 0.1) is 0 Å². The number of H-pyrrole nitrogens is 2. The average Bonchev–Trinajstić information content (AvgIpc) is 3.55. The van der Waals surface area contributed by atoms with Gasteiger partial charge in [-0.3, -0.25) is 9.59 Å². The van der Waals surface area contributed by atoms with Crippen LogP contribution in [0.5, 0.6) is 0 Å². The highest BCUT2D eigenvalue weighted by Gasteiger charge is 2.18. The zero-order valence-electron chi connectivity index (χ0n) is 22.1. The first-order valence-electron chi connectivity index (χ1n) is 13.6. The van der Waals surface area contributed by atoms with Gasteiger partial charge in [0.05, 0.1) is 13.2 Å². The largest absolute Gasteiger partial charge is 0.465 e. The summed E-state index contributed by atoms with van der Waals surface area (Å²) in [5.41, 5.74) is 12.4. The Morgan fingerprint density at radius 2 is 1.15 bits per heavy atom. The second kappa shape index (κ2) is 11.2. The molecule has 7 nitrogen and oxygen atoms in total. The third kappa shape index (κ3) is 5.16. The molecule has 4 N–H and O–H groups in total. The number of nitrogens with one attached hydrogen (secondary N) is 2. The van der Waals surface area contributed by atoms with Crippen molar-refractivity contribution in [1.29, 1.82) is 0 Å². The lowest BCUT2D eigenvalue weighted by Crippen LogP contribution is -2.33. The van der Waals surface area contributed by atoms with Crippen LogP contribution in [-0.2, 0) is 31.9 Å². The SMILES string of the molecule is N[C@@H](CCC(=O)OCCc1cccc2c1[nH]c1ccccc12)C(=O)OCCc1cccc2c1[nH]c1ccccc12. The van der Waals surface area contributed by atoms with Gasteiger partial charge in [-0.15, -0.1) is 0 Å². The summed E-state index contributed by atoms with van der Waals surface area (Å²) < 4.78 is 10.9. The number of hydrogen-bond acceptors (Lipinski definition) is 5. The van der Waals surface area contributed by atoms with Crippen molar-refractivity contribution in [3.63, 3.8) is 0 Å². The highest BCUT2D eigenvalue weighted by atomic mass is 16.5. The smallest absolute Gasteiger partial charge is 0.322 e. The van der Waals surface area contributed by atoms with Gasteiger partial charge in [-0.1, -0.05) is 72.8 Å². The van der Waals surface area contributed by atoms with Crippen LogP contribution in [0.3, 0.4) is 0 Å². The van der Waals surface area contributed by atoms with Crippen molar-refractivity contribution >= 4 is 55.6 Å². The van der Waals surface area contributed by atoms with Gasteiger partial charge in [0.2, 0.25) is 0 Å². The van der Waals surface area contributed by atoms with Crippen LogP contribution in [0.15, 0.2) is 84.9 Å². The minimum Gasteiger partial charge on any atom is -0.465 e. The number of benzene rings is 4. The third-order valence-corrected chi connectivity index (χ3v) is 7.47. The fourth-order valence-electron chi connectivity index (χ4n) is 5.39. The molecule has 7 heteroatoms. The van der Waals surface area contributed by atoms with Crippen LogP contribution in [0.1, 0.15) is 24.0 Å². The highest BCUT2D eigenvalue weighted by molar-refractivity contribution is 6.09. The number of fused-ring (bicyclic) bond motifs is 6. The van der Waals surface area contributed by atoms with E-state index in [2.05, 4.69) is 40.3 Å². The summed E-state index contributed by atoms with van der Waals surface area (Å²) in [7, 11) is 0. The molecule has 0 saturated carbocycles. The number of ether oxygens (including phenoxy) is 2. The number of carbonyl (C=O) groups excluding carboxylic acids is 2. The minimum atomic E-state index is -0.878. The molecule has 0 saturated heterocycles. The van der Waals surface area contributed by atoms with E-state index in [1.54, 1.807) is 0 Å². The predicted octanol–water partition coefficient (Wildman–Crippen LogP) is 5.93. The van der Waals surface area contributed by atoms with E-state index in [1.807, 2.05) is 54.6 Å². The van der Waals surface area contributed by atoms with Crippen LogP contribution in [0.4, 0.5) is 0 Å². The van der Waals surface area contributed by atoms with E-state index in [-0.39, 0.29) is 32.0 Å². The van der Waals surface area contributed by atoms with E-state index >= 15 is 0 Å². The van der Waals surface area contributed by atoms with Gasteiger partial charge in [-0.2, -0.15) is 0 Å². The Bertz CT molecular complexity index is 1830.